The molecular weight excluding hydrogens is 570 g/mol. The number of benzene rings is 3. The second-order valence-electron chi connectivity index (χ2n) is 10.2. The summed E-state index contributed by atoms with van der Waals surface area (Å²) in [4.78, 5) is 6.02. The first-order chi connectivity index (χ1) is 20.7. The lowest BCUT2D eigenvalue weighted by molar-refractivity contribution is 0.245. The van der Waals surface area contributed by atoms with Crippen molar-refractivity contribution in [2.24, 2.45) is 0 Å². The van der Waals surface area contributed by atoms with E-state index >= 15 is 0 Å². The van der Waals surface area contributed by atoms with Crippen molar-refractivity contribution in [2.75, 3.05) is 6.54 Å². The zero-order valence-electron chi connectivity index (χ0n) is 24.8. The van der Waals surface area contributed by atoms with Gasteiger partial charge in [0.15, 0.2) is 0 Å². The molecule has 1 aromatic heterocycles. The van der Waals surface area contributed by atoms with Crippen molar-refractivity contribution in [1.29, 1.82) is 0 Å². The number of nitrogens with zero attached hydrogens (tertiary/aromatic N) is 2. The topological polar surface area (TPSA) is 25.4 Å². The van der Waals surface area contributed by atoms with Crippen LogP contribution >= 0.6 is 27.5 Å². The van der Waals surface area contributed by atoms with E-state index in [0.29, 0.717) is 0 Å². The Hall–Kier alpha value is -2.87. The Balaban J connectivity index is 1.61. The van der Waals surface area contributed by atoms with Crippen LogP contribution in [-0.4, -0.2) is 22.1 Å². The van der Waals surface area contributed by atoms with Crippen LogP contribution in [0.2, 0.25) is 0 Å². The minimum Gasteiger partial charge on any atom is -0.461 e. The highest BCUT2D eigenvalue weighted by Gasteiger charge is 2.36. The molecule has 3 aromatic carbocycles. The van der Waals surface area contributed by atoms with Gasteiger partial charge in [-0.3, -0.25) is 0 Å². The molecule has 0 aliphatic heterocycles. The summed E-state index contributed by atoms with van der Waals surface area (Å²) in [6, 6.07) is 33.3. The first-order valence-corrected chi connectivity index (χ1v) is 18.3. The van der Waals surface area contributed by atoms with Gasteiger partial charge in [0.05, 0.1) is 10.6 Å². The van der Waals surface area contributed by atoms with Crippen LogP contribution < -0.4 is 20.7 Å². The molecule has 0 fully saturated rings. The zero-order chi connectivity index (χ0) is 29.1. The van der Waals surface area contributed by atoms with Crippen LogP contribution in [0.3, 0.4) is 0 Å². The molecule has 2 unspecified atom stereocenters. The van der Waals surface area contributed by atoms with Gasteiger partial charge in [0.1, 0.15) is 6.10 Å². The smallest absolute Gasteiger partial charge is 0.274 e. The molecule has 1 heterocycles. The standard InChI is InChI=1S/C36H40N2OP2S/c1-4-6-27-35-29(3)37-36(42-35)39-33-25-17-18-26-34(33)41(32-23-15-10-16-24-32)38(28-7-5-2)40(30-19-11-8-12-20-30)31-21-13-9-14-22-31/h6,8-24,26-27,33H,4-5,7,25,28H2,1-3H3. The maximum atomic E-state index is 6.81. The highest BCUT2D eigenvalue weighted by Crippen LogP contribution is 2.61. The van der Waals surface area contributed by atoms with E-state index in [0.717, 1.165) is 43.1 Å². The first-order valence-electron chi connectivity index (χ1n) is 14.9. The fourth-order valence-electron chi connectivity index (χ4n) is 4.97. The second kappa shape index (κ2) is 15.6. The molecule has 2 atom stereocenters. The van der Waals surface area contributed by atoms with Gasteiger partial charge < -0.3 is 4.74 Å². The van der Waals surface area contributed by atoms with Crippen LogP contribution in [0.4, 0.5) is 0 Å². The summed E-state index contributed by atoms with van der Waals surface area (Å²) in [7, 11) is -1.65. The molecule has 0 amide bonds. The number of ether oxygens (including phenoxy) is 1. The van der Waals surface area contributed by atoms with E-state index in [-0.39, 0.29) is 6.10 Å². The Bertz CT molecular complexity index is 1450. The lowest BCUT2D eigenvalue weighted by Gasteiger charge is -2.41. The van der Waals surface area contributed by atoms with Gasteiger partial charge >= 0.3 is 0 Å². The number of thiazole rings is 1. The van der Waals surface area contributed by atoms with Crippen molar-refractivity contribution >= 4 is 49.5 Å². The van der Waals surface area contributed by atoms with Gasteiger partial charge in [0, 0.05) is 34.4 Å². The number of hydrogen-bond acceptors (Lipinski definition) is 4. The summed E-state index contributed by atoms with van der Waals surface area (Å²) in [5.74, 6) is 0. The molecule has 0 saturated carbocycles. The third-order valence-electron chi connectivity index (χ3n) is 7.06. The van der Waals surface area contributed by atoms with Crippen molar-refractivity contribution in [1.82, 2.24) is 9.42 Å². The lowest BCUT2D eigenvalue weighted by Crippen LogP contribution is -2.32. The predicted molar refractivity (Wildman–Crippen MR) is 186 cm³/mol. The van der Waals surface area contributed by atoms with Crippen molar-refractivity contribution in [3.63, 3.8) is 0 Å². The van der Waals surface area contributed by atoms with Gasteiger partial charge in [-0.1, -0.05) is 147 Å². The van der Waals surface area contributed by atoms with Gasteiger partial charge in [0.2, 0.25) is 0 Å². The van der Waals surface area contributed by atoms with E-state index in [1.165, 1.54) is 26.1 Å². The fourth-order valence-corrected chi connectivity index (χ4v) is 12.2. The summed E-state index contributed by atoms with van der Waals surface area (Å²) < 4.78 is 9.64. The zero-order valence-corrected chi connectivity index (χ0v) is 27.4. The molecule has 4 aromatic rings. The Kier molecular flexibility index (Phi) is 11.3. The van der Waals surface area contributed by atoms with E-state index < -0.39 is 16.1 Å². The number of rotatable bonds is 13. The Morgan fingerprint density at radius 1 is 0.881 bits per heavy atom. The largest absolute Gasteiger partial charge is 0.461 e. The molecule has 5 rings (SSSR count). The van der Waals surface area contributed by atoms with Crippen LogP contribution in [0, 0.1) is 6.92 Å². The molecule has 42 heavy (non-hydrogen) atoms. The van der Waals surface area contributed by atoms with Crippen LogP contribution in [0.15, 0.2) is 121 Å². The summed E-state index contributed by atoms with van der Waals surface area (Å²) in [5, 5.41) is 6.23. The number of allylic oxidation sites excluding steroid dienone is 3. The number of hydrogen-bond donors (Lipinski definition) is 0. The van der Waals surface area contributed by atoms with E-state index in [2.05, 4.69) is 147 Å². The first kappa shape index (κ1) is 30.6. The van der Waals surface area contributed by atoms with Gasteiger partial charge in [-0.25, -0.2) is 9.42 Å². The summed E-state index contributed by atoms with van der Waals surface area (Å²) in [5.41, 5.74) is 1.03. The Morgan fingerprint density at radius 3 is 2.05 bits per heavy atom. The molecule has 6 heteroatoms. The third-order valence-corrected chi connectivity index (χ3v) is 13.8. The Morgan fingerprint density at radius 2 is 1.48 bits per heavy atom. The van der Waals surface area contributed by atoms with E-state index in [9.17, 15) is 0 Å². The molecule has 0 spiro atoms. The highest BCUT2D eigenvalue weighted by molar-refractivity contribution is 7.83. The molecule has 0 N–H and O–H groups in total. The number of aromatic nitrogens is 1. The van der Waals surface area contributed by atoms with E-state index in [4.69, 9.17) is 9.72 Å². The maximum Gasteiger partial charge on any atom is 0.274 e. The summed E-state index contributed by atoms with van der Waals surface area (Å²) in [6.45, 7) is 7.54. The van der Waals surface area contributed by atoms with Crippen molar-refractivity contribution in [3.8, 4) is 5.19 Å². The van der Waals surface area contributed by atoms with Gasteiger partial charge in [-0.05, 0) is 41.8 Å². The summed E-state index contributed by atoms with van der Waals surface area (Å²) in [6.07, 6.45) is 15.2. The predicted octanol–water partition coefficient (Wildman–Crippen LogP) is 9.34. The number of aryl methyl sites for hydroxylation is 1. The van der Waals surface area contributed by atoms with Crippen LogP contribution in [0.25, 0.3) is 6.08 Å². The SMILES string of the molecule is CCC=Cc1sc(OC2CC=CC=C2P(c2ccccc2)N(CCCC)P(c2ccccc2)c2ccccc2)nc1C. The molecule has 1 aliphatic carbocycles. The van der Waals surface area contributed by atoms with Crippen LogP contribution in [0.1, 0.15) is 50.1 Å². The highest BCUT2D eigenvalue weighted by atomic mass is 32.1. The molecule has 0 radical (unpaired) electrons. The second-order valence-corrected chi connectivity index (χ2v) is 15.8. The minimum atomic E-state index is -0.871. The van der Waals surface area contributed by atoms with Crippen molar-refractivity contribution < 1.29 is 4.74 Å². The molecule has 0 saturated heterocycles. The van der Waals surface area contributed by atoms with Crippen LogP contribution in [-0.2, 0) is 0 Å². The lowest BCUT2D eigenvalue weighted by atomic mass is 10.1. The van der Waals surface area contributed by atoms with Crippen LogP contribution in [0.5, 0.6) is 5.19 Å². The van der Waals surface area contributed by atoms with Crippen molar-refractivity contribution in [2.45, 2.75) is 52.6 Å². The third kappa shape index (κ3) is 7.55. The van der Waals surface area contributed by atoms with Gasteiger partial charge in [-0.2, -0.15) is 0 Å². The average Bonchev–Trinajstić information content (AvgIpc) is 3.39. The quantitative estimate of drug-likeness (QED) is 0.141. The van der Waals surface area contributed by atoms with Crippen molar-refractivity contribution in [3.05, 3.63) is 131 Å². The molecule has 3 nitrogen and oxygen atoms in total. The van der Waals surface area contributed by atoms with E-state index in [1.54, 1.807) is 11.3 Å². The normalized spacial score (nSPS) is 15.8. The number of unbranched alkanes of at least 4 members (excludes halogenated alkanes) is 1. The molecule has 216 valence electrons. The minimum absolute atomic E-state index is 0.0672. The average molecular weight is 611 g/mol. The molecule has 0 bridgehead atoms. The monoisotopic (exact) mass is 610 g/mol. The fraction of sp³-hybridized carbons (Fsp3) is 0.250. The van der Waals surface area contributed by atoms with Gasteiger partial charge in [-0.15, -0.1) is 0 Å². The van der Waals surface area contributed by atoms with Gasteiger partial charge in [0.25, 0.3) is 5.19 Å². The summed E-state index contributed by atoms with van der Waals surface area (Å²) >= 11 is 1.65. The molecule has 1 aliphatic rings. The molecular formula is C36H40N2OP2S. The maximum absolute atomic E-state index is 6.81. The van der Waals surface area contributed by atoms with E-state index in [1.807, 2.05) is 0 Å². The Labute approximate surface area is 258 Å².